The molecule has 182 valence electrons. The molecule has 0 bridgehead atoms. The van der Waals surface area contributed by atoms with Crippen molar-refractivity contribution in [1.29, 1.82) is 16.2 Å². The monoisotopic (exact) mass is 493 g/mol. The zero-order valence-electron chi connectivity index (χ0n) is 19.8. The molecule has 1 aliphatic heterocycles. The maximum absolute atomic E-state index is 11.9. The molecular formula is C25H28ClN7O2. The second-order valence-electron chi connectivity index (χ2n) is 8.13. The summed E-state index contributed by atoms with van der Waals surface area (Å²) < 4.78 is 0. The summed E-state index contributed by atoms with van der Waals surface area (Å²) >= 11 is 6.09. The van der Waals surface area contributed by atoms with Crippen LogP contribution in [-0.4, -0.2) is 72.8 Å². The lowest BCUT2D eigenvalue weighted by Gasteiger charge is -2.26. The van der Waals surface area contributed by atoms with Gasteiger partial charge < -0.3 is 20.7 Å². The van der Waals surface area contributed by atoms with Gasteiger partial charge in [0, 0.05) is 48.2 Å². The smallest absolute Gasteiger partial charge is 0.241 e. The number of aliphatic imine (C=N–C) groups is 1. The standard InChI is InChI=1S/C25H28ClN7O2/c1-15(28)33-22-9-6-17(18(11-27)12-30-13-23(35)32(2)3)10-20(22)24(31-21(14-34)25(33)29)16-4-7-19(26)8-5-16/h4-12,21,27-30,34H,13-14H2,1-3H3/b18-12+,27-11?,28-15?,29-25?/t21-/m0/s1. The van der Waals surface area contributed by atoms with E-state index in [4.69, 9.17) is 32.8 Å². The molecule has 35 heavy (non-hydrogen) atoms. The van der Waals surface area contributed by atoms with Gasteiger partial charge in [-0.05, 0) is 36.8 Å². The van der Waals surface area contributed by atoms with Crippen molar-refractivity contribution in [1.82, 2.24) is 10.2 Å². The van der Waals surface area contributed by atoms with Gasteiger partial charge in [-0.1, -0.05) is 29.8 Å². The Morgan fingerprint density at radius 1 is 1.26 bits per heavy atom. The van der Waals surface area contributed by atoms with Gasteiger partial charge in [-0.15, -0.1) is 0 Å². The van der Waals surface area contributed by atoms with E-state index in [2.05, 4.69) is 5.32 Å². The lowest BCUT2D eigenvalue weighted by atomic mass is 9.95. The highest BCUT2D eigenvalue weighted by Gasteiger charge is 2.30. The number of amidine groups is 2. The number of aliphatic hydroxyl groups excluding tert-OH is 1. The Labute approximate surface area is 209 Å². The van der Waals surface area contributed by atoms with Crippen molar-refractivity contribution in [3.05, 3.63) is 70.4 Å². The second-order valence-corrected chi connectivity index (χ2v) is 8.57. The predicted molar refractivity (Wildman–Crippen MR) is 141 cm³/mol. The van der Waals surface area contributed by atoms with Crippen LogP contribution in [0.3, 0.4) is 0 Å². The first-order valence-electron chi connectivity index (χ1n) is 10.8. The van der Waals surface area contributed by atoms with E-state index < -0.39 is 12.6 Å². The summed E-state index contributed by atoms with van der Waals surface area (Å²) in [6.45, 7) is 1.27. The molecule has 10 heteroatoms. The van der Waals surface area contributed by atoms with E-state index in [0.717, 1.165) is 5.56 Å². The van der Waals surface area contributed by atoms with Crippen molar-refractivity contribution in [2.75, 3.05) is 32.1 Å². The minimum Gasteiger partial charge on any atom is -0.394 e. The van der Waals surface area contributed by atoms with Crippen LogP contribution in [0.1, 0.15) is 23.6 Å². The number of anilines is 1. The number of hydrogen-bond acceptors (Lipinski definition) is 7. The number of likely N-dealkylation sites (N-methyl/N-ethyl adjacent to an activating group) is 1. The van der Waals surface area contributed by atoms with Crippen LogP contribution in [-0.2, 0) is 4.79 Å². The van der Waals surface area contributed by atoms with Crippen LogP contribution in [0, 0.1) is 16.2 Å². The maximum atomic E-state index is 11.9. The van der Waals surface area contributed by atoms with Gasteiger partial charge in [0.1, 0.15) is 17.7 Å². The third-order valence-electron chi connectivity index (χ3n) is 5.46. The first kappa shape index (κ1) is 25.8. The molecule has 0 unspecified atom stereocenters. The van der Waals surface area contributed by atoms with Crippen LogP contribution in [0.2, 0.25) is 5.02 Å². The molecule has 3 rings (SSSR count). The van der Waals surface area contributed by atoms with Crippen molar-refractivity contribution in [3.8, 4) is 0 Å². The Morgan fingerprint density at radius 3 is 2.51 bits per heavy atom. The zero-order chi connectivity index (χ0) is 25.7. The molecule has 0 saturated heterocycles. The van der Waals surface area contributed by atoms with Crippen LogP contribution < -0.4 is 10.2 Å². The van der Waals surface area contributed by atoms with Gasteiger partial charge in [-0.2, -0.15) is 0 Å². The second kappa shape index (κ2) is 11.1. The van der Waals surface area contributed by atoms with Crippen molar-refractivity contribution < 1.29 is 9.90 Å². The molecule has 1 aliphatic rings. The summed E-state index contributed by atoms with van der Waals surface area (Å²) in [6.07, 6.45) is 2.78. The van der Waals surface area contributed by atoms with Crippen LogP contribution in [0.5, 0.6) is 0 Å². The molecule has 0 spiro atoms. The number of benzene rings is 2. The summed E-state index contributed by atoms with van der Waals surface area (Å²) in [7, 11) is 3.34. The Bertz CT molecular complexity index is 1220. The van der Waals surface area contributed by atoms with E-state index in [1.54, 1.807) is 51.5 Å². The number of nitrogens with zero attached hydrogens (tertiary/aromatic N) is 3. The molecule has 2 aromatic carbocycles. The first-order chi connectivity index (χ1) is 16.7. The van der Waals surface area contributed by atoms with Crippen molar-refractivity contribution in [2.24, 2.45) is 4.99 Å². The number of aliphatic hydroxyl groups is 1. The van der Waals surface area contributed by atoms with Crippen molar-refractivity contribution in [3.63, 3.8) is 0 Å². The number of halogens is 1. The van der Waals surface area contributed by atoms with Crippen LogP contribution in [0.15, 0.2) is 53.7 Å². The van der Waals surface area contributed by atoms with E-state index in [1.807, 2.05) is 18.2 Å². The molecule has 1 amide bonds. The topological polar surface area (TPSA) is 140 Å². The summed E-state index contributed by atoms with van der Waals surface area (Å²) in [5.41, 5.74) is 3.68. The highest BCUT2D eigenvalue weighted by Crippen LogP contribution is 2.32. The highest BCUT2D eigenvalue weighted by molar-refractivity contribution is 6.31. The SMILES string of the molecule is CC(=N)N1C(=N)[C@H](CO)N=C(c2ccc(Cl)cc2)c2cc(/C(C=N)=C/NCC(=O)N(C)C)ccc21. The van der Waals surface area contributed by atoms with Gasteiger partial charge >= 0.3 is 0 Å². The van der Waals surface area contributed by atoms with Gasteiger partial charge in [0.25, 0.3) is 0 Å². The van der Waals surface area contributed by atoms with Crippen molar-refractivity contribution >= 4 is 52.4 Å². The molecule has 1 heterocycles. The number of nitrogens with one attached hydrogen (secondary N) is 4. The minimum atomic E-state index is -0.867. The molecule has 0 aromatic heterocycles. The number of amides is 1. The molecule has 0 saturated carbocycles. The van der Waals surface area contributed by atoms with Gasteiger partial charge in [0.05, 0.1) is 24.6 Å². The third-order valence-corrected chi connectivity index (χ3v) is 5.71. The molecule has 0 fully saturated rings. The van der Waals surface area contributed by atoms with E-state index in [1.165, 1.54) is 16.0 Å². The lowest BCUT2D eigenvalue weighted by Crippen LogP contribution is -2.41. The molecule has 9 nitrogen and oxygen atoms in total. The largest absolute Gasteiger partial charge is 0.394 e. The van der Waals surface area contributed by atoms with E-state index in [0.29, 0.717) is 33.1 Å². The number of hydrogen-bond donors (Lipinski definition) is 5. The highest BCUT2D eigenvalue weighted by atomic mass is 35.5. The van der Waals surface area contributed by atoms with E-state index in [9.17, 15) is 9.90 Å². The summed E-state index contributed by atoms with van der Waals surface area (Å²) in [6, 6.07) is 11.6. The van der Waals surface area contributed by atoms with Gasteiger partial charge in [-0.3, -0.25) is 25.5 Å². The first-order valence-corrected chi connectivity index (χ1v) is 11.2. The third kappa shape index (κ3) is 5.64. The molecule has 1 atom stereocenters. The fourth-order valence-electron chi connectivity index (χ4n) is 3.61. The summed E-state index contributed by atoms with van der Waals surface area (Å²) in [5, 5.41) is 38.3. The molecular weight excluding hydrogens is 466 g/mol. The molecule has 2 aromatic rings. The van der Waals surface area contributed by atoms with Gasteiger partial charge in [-0.25, -0.2) is 0 Å². The van der Waals surface area contributed by atoms with Gasteiger partial charge in [0.2, 0.25) is 5.91 Å². The van der Waals surface area contributed by atoms with Gasteiger partial charge in [0.15, 0.2) is 0 Å². The molecule has 0 radical (unpaired) electrons. The lowest BCUT2D eigenvalue weighted by molar-refractivity contribution is -0.127. The zero-order valence-corrected chi connectivity index (χ0v) is 20.5. The number of carbonyl (C=O) groups excluding carboxylic acids is 1. The normalized spacial score (nSPS) is 15.6. The number of benzodiazepines with no additional fused rings is 1. The predicted octanol–water partition coefficient (Wildman–Crippen LogP) is 3.00. The van der Waals surface area contributed by atoms with Crippen LogP contribution in [0.4, 0.5) is 5.69 Å². The Hall–Kier alpha value is -3.82. The van der Waals surface area contributed by atoms with E-state index in [-0.39, 0.29) is 24.1 Å². The fraction of sp³-hybridized carbons (Fsp3) is 0.240. The number of carbonyl (C=O) groups is 1. The Morgan fingerprint density at radius 2 is 1.94 bits per heavy atom. The van der Waals surface area contributed by atoms with E-state index >= 15 is 0 Å². The number of allylic oxidation sites excluding steroid dienone is 1. The van der Waals surface area contributed by atoms with Crippen LogP contribution in [0.25, 0.3) is 5.57 Å². The number of fused-ring (bicyclic) bond motifs is 1. The summed E-state index contributed by atoms with van der Waals surface area (Å²) in [5.74, 6) is 0.00154. The summed E-state index contributed by atoms with van der Waals surface area (Å²) in [4.78, 5) is 19.5. The quantitative estimate of drug-likeness (QED) is 0.299. The Kier molecular flexibility index (Phi) is 8.16. The van der Waals surface area contributed by atoms with Crippen LogP contribution >= 0.6 is 11.6 Å². The average Bonchev–Trinajstić information content (AvgIpc) is 2.95. The average molecular weight is 494 g/mol. The minimum absolute atomic E-state index is 0.00959. The van der Waals surface area contributed by atoms with Crippen molar-refractivity contribution in [2.45, 2.75) is 13.0 Å². The molecule has 5 N–H and O–H groups in total. The maximum Gasteiger partial charge on any atom is 0.241 e. The number of rotatable bonds is 7. The fourth-order valence-corrected chi connectivity index (χ4v) is 3.73. The molecule has 0 aliphatic carbocycles. The Balaban J connectivity index is 2.17.